The molecule has 0 saturated carbocycles. The van der Waals surface area contributed by atoms with Crippen LogP contribution in [0.25, 0.3) is 94.2 Å². The Morgan fingerprint density at radius 3 is 1.67 bits per heavy atom. The molecule has 3 heterocycles. The third kappa shape index (κ3) is 3.49. The molecule has 0 fully saturated rings. The first-order valence-corrected chi connectivity index (χ1v) is 15.1. The maximum Gasteiger partial charge on any atom is 0.182 e. The first-order valence-electron chi connectivity index (χ1n) is 15.1. The van der Waals surface area contributed by atoms with Crippen molar-refractivity contribution >= 4 is 54.1 Å². The van der Waals surface area contributed by atoms with Crippen molar-refractivity contribution in [2.45, 2.75) is 0 Å². The maximum atomic E-state index is 5.23. The third-order valence-electron chi connectivity index (χ3n) is 8.96. The number of nitrogens with zero attached hydrogens (tertiary/aromatic N) is 5. The topological polar surface area (TPSA) is 56.5 Å². The highest BCUT2D eigenvalue weighted by atomic mass is 15.1. The molecule has 0 N–H and O–H groups in total. The van der Waals surface area contributed by atoms with E-state index in [0.717, 1.165) is 28.0 Å². The number of hydrogen-bond donors (Lipinski definition) is 0. The van der Waals surface area contributed by atoms with Crippen LogP contribution in [0.2, 0.25) is 0 Å². The van der Waals surface area contributed by atoms with Gasteiger partial charge in [-0.1, -0.05) is 115 Å². The molecule has 0 bridgehead atoms. The predicted octanol–water partition coefficient (Wildman–Crippen LogP) is 9.70. The van der Waals surface area contributed by atoms with E-state index in [1.165, 1.54) is 43.1 Å². The predicted molar refractivity (Wildman–Crippen MR) is 183 cm³/mol. The summed E-state index contributed by atoms with van der Waals surface area (Å²) in [5.74, 6) is 2.60. The fraction of sp³-hybridized carbons (Fsp3) is 0. The highest BCUT2D eigenvalue weighted by molar-refractivity contribution is 6.40. The zero-order valence-electron chi connectivity index (χ0n) is 24.0. The third-order valence-corrected chi connectivity index (χ3v) is 8.96. The van der Waals surface area contributed by atoms with E-state index in [9.17, 15) is 0 Å². The zero-order valence-corrected chi connectivity index (χ0v) is 24.0. The first kappa shape index (κ1) is 24.3. The molecular formula is C40H23N5. The molecule has 0 unspecified atom stereocenters. The molecule has 45 heavy (non-hydrogen) atoms. The Kier molecular flexibility index (Phi) is 4.93. The lowest BCUT2D eigenvalue weighted by Crippen LogP contribution is -2.03. The Morgan fingerprint density at radius 2 is 0.933 bits per heavy atom. The summed E-state index contributed by atoms with van der Waals surface area (Å²) < 4.78 is 2.29. The molecule has 0 aliphatic carbocycles. The van der Waals surface area contributed by atoms with E-state index in [2.05, 4.69) is 71.3 Å². The largest absolute Gasteiger partial charge is 0.294 e. The Bertz CT molecular complexity index is 2640. The van der Waals surface area contributed by atoms with E-state index in [4.69, 9.17) is 19.9 Å². The number of fused-ring (bicyclic) bond motifs is 1. The minimum atomic E-state index is 0.537. The first-order chi connectivity index (χ1) is 22.3. The summed E-state index contributed by atoms with van der Waals surface area (Å²) in [6.45, 7) is 0. The van der Waals surface area contributed by atoms with E-state index in [1.807, 2.05) is 72.8 Å². The van der Waals surface area contributed by atoms with Crippen molar-refractivity contribution in [1.82, 2.24) is 24.5 Å². The molecule has 10 aromatic rings. The molecular weight excluding hydrogens is 550 g/mol. The number of pyridine rings is 1. The van der Waals surface area contributed by atoms with Gasteiger partial charge in [0.25, 0.3) is 0 Å². The van der Waals surface area contributed by atoms with Crippen molar-refractivity contribution in [3.05, 3.63) is 140 Å². The quantitative estimate of drug-likeness (QED) is 0.155. The lowest BCUT2D eigenvalue weighted by molar-refractivity contribution is 1.03. The second-order valence-corrected chi connectivity index (χ2v) is 11.5. The SMILES string of the molecule is c1ccc(-c2nc(-c3ccccc3)nc(-c3cccc(-n4c5cccc6c7cccc8ccc9ccc4c(c9c87)c65)n3)n2)cc1. The lowest BCUT2D eigenvalue weighted by Gasteiger charge is -2.13. The molecule has 0 saturated heterocycles. The average molecular weight is 574 g/mol. The van der Waals surface area contributed by atoms with Crippen molar-refractivity contribution in [2.75, 3.05) is 0 Å². The minimum Gasteiger partial charge on any atom is -0.294 e. The number of aromatic nitrogens is 5. The Balaban J connectivity index is 1.24. The molecule has 0 aliphatic heterocycles. The van der Waals surface area contributed by atoms with Crippen LogP contribution in [0.15, 0.2) is 140 Å². The van der Waals surface area contributed by atoms with Gasteiger partial charge in [-0.2, -0.15) is 0 Å². The van der Waals surface area contributed by atoms with Crippen LogP contribution >= 0.6 is 0 Å². The van der Waals surface area contributed by atoms with Crippen LogP contribution in [0, 0.1) is 0 Å². The van der Waals surface area contributed by atoms with Gasteiger partial charge in [0.1, 0.15) is 11.5 Å². The van der Waals surface area contributed by atoms with E-state index in [1.54, 1.807) is 0 Å². The van der Waals surface area contributed by atoms with Gasteiger partial charge in [0, 0.05) is 27.3 Å². The Morgan fingerprint density at radius 1 is 0.356 bits per heavy atom. The maximum absolute atomic E-state index is 5.23. The molecule has 7 aromatic carbocycles. The smallest absolute Gasteiger partial charge is 0.182 e. The second kappa shape index (κ2) is 9.15. The van der Waals surface area contributed by atoms with E-state index in [-0.39, 0.29) is 0 Å². The summed E-state index contributed by atoms with van der Waals surface area (Å²) in [6, 6.07) is 48.4. The summed E-state index contributed by atoms with van der Waals surface area (Å²) in [5.41, 5.74) is 4.83. The van der Waals surface area contributed by atoms with Gasteiger partial charge in [-0.3, -0.25) is 4.57 Å². The number of rotatable bonds is 4. The molecule has 0 amide bonds. The van der Waals surface area contributed by atoms with Crippen LogP contribution < -0.4 is 0 Å². The van der Waals surface area contributed by atoms with Gasteiger partial charge in [-0.25, -0.2) is 19.9 Å². The average Bonchev–Trinajstić information content (AvgIpc) is 3.47. The van der Waals surface area contributed by atoms with Gasteiger partial charge in [0.2, 0.25) is 0 Å². The van der Waals surface area contributed by atoms with Crippen LogP contribution in [-0.4, -0.2) is 24.5 Å². The van der Waals surface area contributed by atoms with Crippen molar-refractivity contribution in [1.29, 1.82) is 0 Å². The zero-order chi connectivity index (χ0) is 29.5. The van der Waals surface area contributed by atoms with E-state index >= 15 is 0 Å². The van der Waals surface area contributed by atoms with E-state index < -0.39 is 0 Å². The summed E-state index contributed by atoms with van der Waals surface area (Å²) in [6.07, 6.45) is 0. The normalized spacial score (nSPS) is 12.0. The fourth-order valence-electron chi connectivity index (χ4n) is 7.03. The molecule has 208 valence electrons. The second-order valence-electron chi connectivity index (χ2n) is 11.5. The van der Waals surface area contributed by atoms with Crippen LogP contribution in [0.1, 0.15) is 0 Å². The Labute approximate surface area is 257 Å². The monoisotopic (exact) mass is 573 g/mol. The fourth-order valence-corrected chi connectivity index (χ4v) is 7.03. The molecule has 0 atom stereocenters. The van der Waals surface area contributed by atoms with Gasteiger partial charge in [-0.05, 0) is 51.2 Å². The molecule has 5 heteroatoms. The van der Waals surface area contributed by atoms with Crippen molar-refractivity contribution in [3.63, 3.8) is 0 Å². The molecule has 10 rings (SSSR count). The minimum absolute atomic E-state index is 0.537. The van der Waals surface area contributed by atoms with Crippen LogP contribution in [-0.2, 0) is 0 Å². The van der Waals surface area contributed by atoms with Crippen molar-refractivity contribution in [3.8, 4) is 40.1 Å². The summed E-state index contributed by atoms with van der Waals surface area (Å²) in [5, 5.41) is 10.3. The molecule has 0 spiro atoms. The highest BCUT2D eigenvalue weighted by Gasteiger charge is 2.22. The molecule has 0 aliphatic rings. The lowest BCUT2D eigenvalue weighted by atomic mass is 9.89. The van der Waals surface area contributed by atoms with Gasteiger partial charge >= 0.3 is 0 Å². The van der Waals surface area contributed by atoms with Gasteiger partial charge in [0.15, 0.2) is 17.5 Å². The molecule has 3 aromatic heterocycles. The molecule has 0 radical (unpaired) electrons. The van der Waals surface area contributed by atoms with E-state index in [0.29, 0.717) is 23.2 Å². The van der Waals surface area contributed by atoms with Crippen molar-refractivity contribution in [2.24, 2.45) is 0 Å². The summed E-state index contributed by atoms with van der Waals surface area (Å²) in [4.78, 5) is 20.0. The van der Waals surface area contributed by atoms with Gasteiger partial charge in [-0.15, -0.1) is 0 Å². The Hall–Kier alpha value is -6.20. The van der Waals surface area contributed by atoms with Crippen LogP contribution in [0.3, 0.4) is 0 Å². The highest BCUT2D eigenvalue weighted by Crippen LogP contribution is 2.46. The van der Waals surface area contributed by atoms with Gasteiger partial charge < -0.3 is 0 Å². The summed E-state index contributed by atoms with van der Waals surface area (Å²) >= 11 is 0. The number of benzene rings is 7. The van der Waals surface area contributed by atoms with Crippen molar-refractivity contribution < 1.29 is 0 Å². The molecule has 5 nitrogen and oxygen atoms in total. The number of hydrogen-bond acceptors (Lipinski definition) is 4. The van der Waals surface area contributed by atoms with Crippen LogP contribution in [0.4, 0.5) is 0 Å². The standard InChI is InChI=1S/C40H23N5/c1-3-10-26(11-4-1)38-42-39(27-12-5-2-6-13-27)44-40(43-38)30-17-9-19-33(41-30)45-31-18-8-16-29-28-15-7-14-24-20-21-25-22-23-32(45)37(36(29)31)35(25)34(24)28/h1-23H. The summed E-state index contributed by atoms with van der Waals surface area (Å²) in [7, 11) is 0. The van der Waals surface area contributed by atoms with Gasteiger partial charge in [0.05, 0.1) is 11.0 Å². The van der Waals surface area contributed by atoms with Crippen LogP contribution in [0.5, 0.6) is 0 Å².